The van der Waals surface area contributed by atoms with E-state index >= 15 is 0 Å². The normalized spacial score (nSPS) is 12.4. The van der Waals surface area contributed by atoms with Gasteiger partial charge in [-0.25, -0.2) is 0 Å². The van der Waals surface area contributed by atoms with Crippen LogP contribution in [0.25, 0.3) is 5.70 Å². The van der Waals surface area contributed by atoms with Crippen molar-refractivity contribution in [3.05, 3.63) is 65.2 Å². The van der Waals surface area contributed by atoms with E-state index < -0.39 is 0 Å². The molecule has 5 N–H and O–H groups in total. The van der Waals surface area contributed by atoms with Crippen LogP contribution in [0.3, 0.4) is 0 Å². The van der Waals surface area contributed by atoms with E-state index in [1.807, 2.05) is 30.3 Å². The fourth-order valence-corrected chi connectivity index (χ4v) is 3.50. The van der Waals surface area contributed by atoms with Crippen LogP contribution in [0.1, 0.15) is 28.8 Å². The Kier molecular flexibility index (Phi) is 5.44. The van der Waals surface area contributed by atoms with E-state index in [0.29, 0.717) is 0 Å². The Morgan fingerprint density at radius 1 is 0.938 bits per heavy atom. The van der Waals surface area contributed by atoms with Crippen LogP contribution in [0.2, 0.25) is 0 Å². The summed E-state index contributed by atoms with van der Waals surface area (Å²) < 4.78 is 1.23. The standard InChI is InChI=1S/C24H26N4O4/c1-27(2)22(30)16-10-7-11-17(21(16)29)25-19-20(24(32)28(3)23(19)31)26-18(15-12-13-15)14-8-5-4-6-9-14/h4-11,25-26,29,31-32H,12-13H2,1-3H3. The summed E-state index contributed by atoms with van der Waals surface area (Å²) in [5.74, 6) is -0.986. The molecule has 3 aromatic rings. The summed E-state index contributed by atoms with van der Waals surface area (Å²) in [5, 5.41) is 38.4. The summed E-state index contributed by atoms with van der Waals surface area (Å²) in [7, 11) is 4.72. The van der Waals surface area contributed by atoms with Crippen molar-refractivity contribution in [2.24, 2.45) is 7.05 Å². The van der Waals surface area contributed by atoms with Crippen molar-refractivity contribution in [1.29, 1.82) is 0 Å². The molecule has 1 aromatic heterocycles. The number of nitrogens with zero attached hydrogens (tertiary/aromatic N) is 2. The van der Waals surface area contributed by atoms with E-state index in [1.165, 1.54) is 28.2 Å². The third-order valence-electron chi connectivity index (χ3n) is 5.43. The number of carbonyl (C=O) groups is 1. The van der Waals surface area contributed by atoms with Crippen molar-refractivity contribution in [2.45, 2.75) is 12.8 Å². The predicted octanol–water partition coefficient (Wildman–Crippen LogP) is 4.20. The first kappa shape index (κ1) is 21.2. The van der Waals surface area contributed by atoms with Crippen LogP contribution in [-0.4, -0.2) is 44.8 Å². The van der Waals surface area contributed by atoms with E-state index in [-0.39, 0.29) is 46.0 Å². The molecule has 1 saturated carbocycles. The number of carbonyl (C=O) groups excluding carboxylic acids is 1. The summed E-state index contributed by atoms with van der Waals surface area (Å²) >= 11 is 0. The lowest BCUT2D eigenvalue weighted by Crippen LogP contribution is -2.21. The second kappa shape index (κ2) is 8.22. The Morgan fingerprint density at radius 2 is 1.59 bits per heavy atom. The van der Waals surface area contributed by atoms with E-state index in [1.54, 1.807) is 26.2 Å². The number of benzene rings is 2. The molecular weight excluding hydrogens is 408 g/mol. The molecule has 0 atom stereocenters. The van der Waals surface area contributed by atoms with Gasteiger partial charge in [0.05, 0.1) is 11.3 Å². The Labute approximate surface area is 186 Å². The van der Waals surface area contributed by atoms with Gasteiger partial charge in [0.15, 0.2) is 5.75 Å². The lowest BCUT2D eigenvalue weighted by Gasteiger charge is -2.16. The Hall–Kier alpha value is -4.07. The van der Waals surface area contributed by atoms with Crippen LogP contribution in [-0.2, 0) is 7.05 Å². The monoisotopic (exact) mass is 434 g/mol. The number of phenolic OH excluding ortho intramolecular Hbond substituents is 1. The van der Waals surface area contributed by atoms with Gasteiger partial charge in [0.25, 0.3) is 5.91 Å². The molecule has 8 heteroatoms. The van der Waals surface area contributed by atoms with Gasteiger partial charge < -0.3 is 30.9 Å². The van der Waals surface area contributed by atoms with Crippen molar-refractivity contribution in [3.8, 4) is 17.5 Å². The molecular formula is C24H26N4O4. The number of phenols is 1. The summed E-state index contributed by atoms with van der Waals surface area (Å²) in [6, 6.07) is 14.5. The number of rotatable bonds is 6. The summed E-state index contributed by atoms with van der Waals surface area (Å²) in [5.41, 5.74) is 3.86. The molecule has 4 rings (SSSR count). The third-order valence-corrected chi connectivity index (χ3v) is 5.43. The number of amides is 1. The number of hydrogen-bond donors (Lipinski definition) is 5. The van der Waals surface area contributed by atoms with Crippen molar-refractivity contribution in [1.82, 2.24) is 9.47 Å². The van der Waals surface area contributed by atoms with Crippen LogP contribution in [0.5, 0.6) is 17.5 Å². The molecule has 0 spiro atoms. The Morgan fingerprint density at radius 3 is 2.22 bits per heavy atom. The molecule has 1 amide bonds. The molecule has 0 radical (unpaired) electrons. The minimum absolute atomic E-state index is 0.124. The lowest BCUT2D eigenvalue weighted by molar-refractivity contribution is 0.0824. The van der Waals surface area contributed by atoms with Crippen LogP contribution in [0.15, 0.2) is 54.1 Å². The second-order valence-electron chi connectivity index (χ2n) is 7.95. The van der Waals surface area contributed by atoms with Gasteiger partial charge in [-0.2, -0.15) is 0 Å². The smallest absolute Gasteiger partial charge is 0.257 e. The van der Waals surface area contributed by atoms with Gasteiger partial charge in [0.1, 0.15) is 11.4 Å². The van der Waals surface area contributed by atoms with Gasteiger partial charge in [-0.3, -0.25) is 9.36 Å². The number of nitrogens with one attached hydrogen (secondary N) is 2. The highest BCUT2D eigenvalue weighted by Crippen LogP contribution is 2.48. The predicted molar refractivity (Wildman–Crippen MR) is 124 cm³/mol. The third kappa shape index (κ3) is 3.82. The van der Waals surface area contributed by atoms with Gasteiger partial charge in [0, 0.05) is 26.8 Å². The second-order valence-corrected chi connectivity index (χ2v) is 7.95. The first-order valence-electron chi connectivity index (χ1n) is 10.2. The molecule has 0 saturated heterocycles. The van der Waals surface area contributed by atoms with E-state index in [4.69, 9.17) is 0 Å². The Bertz CT molecular complexity index is 1210. The zero-order valence-corrected chi connectivity index (χ0v) is 18.2. The van der Waals surface area contributed by atoms with Crippen molar-refractivity contribution in [3.63, 3.8) is 0 Å². The topological polar surface area (TPSA) is 110 Å². The van der Waals surface area contributed by atoms with Gasteiger partial charge >= 0.3 is 0 Å². The van der Waals surface area contributed by atoms with Crippen molar-refractivity contribution >= 4 is 28.7 Å². The molecule has 2 aromatic carbocycles. The van der Waals surface area contributed by atoms with Gasteiger partial charge in [-0.05, 0) is 36.1 Å². The number of aromatic nitrogens is 1. The SMILES string of the molecule is CN(C)C(=O)c1cccc(Nc2c(NC(=C3CC3)c3ccccc3)c(O)n(C)c2O)c1O. The fraction of sp³-hybridized carbons (Fsp3) is 0.208. The molecule has 1 heterocycles. The Balaban J connectivity index is 1.75. The molecule has 1 aliphatic carbocycles. The first-order valence-corrected chi connectivity index (χ1v) is 10.2. The number of allylic oxidation sites excluding steroid dienone is 1. The van der Waals surface area contributed by atoms with Gasteiger partial charge in [-0.15, -0.1) is 0 Å². The zero-order chi connectivity index (χ0) is 23.0. The molecule has 0 aliphatic heterocycles. The van der Waals surface area contributed by atoms with Crippen molar-refractivity contribution in [2.75, 3.05) is 24.7 Å². The van der Waals surface area contributed by atoms with Crippen LogP contribution < -0.4 is 10.6 Å². The average Bonchev–Trinajstić information content (AvgIpc) is 3.61. The first-order chi connectivity index (χ1) is 15.3. The molecule has 1 fully saturated rings. The highest BCUT2D eigenvalue weighted by atomic mass is 16.3. The highest BCUT2D eigenvalue weighted by molar-refractivity contribution is 5.99. The average molecular weight is 434 g/mol. The van der Waals surface area contributed by atoms with E-state index in [0.717, 1.165) is 24.1 Å². The minimum Gasteiger partial charge on any atom is -0.505 e. The molecule has 0 unspecified atom stereocenters. The lowest BCUT2D eigenvalue weighted by atomic mass is 10.1. The maximum atomic E-state index is 12.4. The highest BCUT2D eigenvalue weighted by Gasteiger charge is 2.26. The largest absolute Gasteiger partial charge is 0.505 e. The zero-order valence-electron chi connectivity index (χ0n) is 18.2. The molecule has 1 aliphatic rings. The summed E-state index contributed by atoms with van der Waals surface area (Å²) in [6.07, 6.45) is 1.91. The number of anilines is 3. The summed E-state index contributed by atoms with van der Waals surface area (Å²) in [6.45, 7) is 0. The molecule has 8 nitrogen and oxygen atoms in total. The number of aromatic hydroxyl groups is 3. The quantitative estimate of drug-likeness (QED) is 0.372. The minimum atomic E-state index is -0.352. The fourth-order valence-electron chi connectivity index (χ4n) is 3.50. The van der Waals surface area contributed by atoms with Gasteiger partial charge in [0.2, 0.25) is 11.8 Å². The van der Waals surface area contributed by atoms with E-state index in [2.05, 4.69) is 10.6 Å². The van der Waals surface area contributed by atoms with Crippen LogP contribution >= 0.6 is 0 Å². The molecule has 0 bridgehead atoms. The molecule has 166 valence electrons. The van der Waals surface area contributed by atoms with Gasteiger partial charge in [-0.1, -0.05) is 36.4 Å². The number of para-hydroxylation sites is 1. The maximum Gasteiger partial charge on any atom is 0.257 e. The maximum absolute atomic E-state index is 12.4. The van der Waals surface area contributed by atoms with E-state index in [9.17, 15) is 20.1 Å². The molecule has 32 heavy (non-hydrogen) atoms. The van der Waals surface area contributed by atoms with Crippen molar-refractivity contribution < 1.29 is 20.1 Å². The summed E-state index contributed by atoms with van der Waals surface area (Å²) in [4.78, 5) is 13.7. The van der Waals surface area contributed by atoms with Crippen LogP contribution in [0, 0.1) is 0 Å². The number of hydrogen-bond acceptors (Lipinski definition) is 6. The van der Waals surface area contributed by atoms with Crippen LogP contribution in [0.4, 0.5) is 17.1 Å².